The maximum Gasteiger partial charge on any atom is 0.272 e. The molecule has 9 nitrogen and oxygen atoms in total. The second-order valence-corrected chi connectivity index (χ2v) is 9.14. The number of anilines is 1. The van der Waals surface area contributed by atoms with E-state index in [2.05, 4.69) is 25.9 Å². The first-order chi connectivity index (χ1) is 16.8. The number of nitrogens with one attached hydrogen (secondary N) is 4. The fourth-order valence-corrected chi connectivity index (χ4v) is 4.54. The lowest BCUT2D eigenvalue weighted by Crippen LogP contribution is -2.40. The third-order valence-corrected chi connectivity index (χ3v) is 6.61. The molecule has 0 radical (unpaired) electrons. The van der Waals surface area contributed by atoms with Crippen LogP contribution >= 0.6 is 11.6 Å². The van der Waals surface area contributed by atoms with Crippen LogP contribution in [-0.2, 0) is 9.53 Å². The molecule has 0 bridgehead atoms. The van der Waals surface area contributed by atoms with Gasteiger partial charge in [0.1, 0.15) is 5.69 Å². The van der Waals surface area contributed by atoms with Crippen molar-refractivity contribution < 1.29 is 27.9 Å². The van der Waals surface area contributed by atoms with Crippen molar-refractivity contribution >= 4 is 35.0 Å². The van der Waals surface area contributed by atoms with Crippen LogP contribution < -0.4 is 16.0 Å². The second-order valence-electron chi connectivity index (χ2n) is 8.73. The number of amides is 3. The number of halogens is 3. The zero-order valence-corrected chi connectivity index (χ0v) is 19.6. The van der Waals surface area contributed by atoms with Gasteiger partial charge in [-0.05, 0) is 44.6 Å². The summed E-state index contributed by atoms with van der Waals surface area (Å²) in [5, 5.41) is 8.09. The molecule has 1 saturated heterocycles. The van der Waals surface area contributed by atoms with Crippen LogP contribution in [0.5, 0.6) is 0 Å². The molecule has 188 valence electrons. The van der Waals surface area contributed by atoms with Crippen molar-refractivity contribution in [1.29, 1.82) is 0 Å². The molecule has 2 heterocycles. The molecule has 1 aliphatic carbocycles. The highest BCUT2D eigenvalue weighted by Crippen LogP contribution is 2.29. The first-order valence-corrected chi connectivity index (χ1v) is 11.9. The van der Waals surface area contributed by atoms with Gasteiger partial charge in [-0.3, -0.25) is 14.4 Å². The van der Waals surface area contributed by atoms with Crippen molar-refractivity contribution in [2.75, 3.05) is 18.5 Å². The molecule has 1 saturated carbocycles. The normalized spacial score (nSPS) is 22.0. The SMILES string of the molecule is O=C(NCC1CCCO1)c1nc[nH]c1C(=O)N[C@H]1CC[C@H](C(=O)Nc2cc(F)c(F)cc2Cl)CC1. The van der Waals surface area contributed by atoms with Crippen molar-refractivity contribution in [3.05, 3.63) is 46.5 Å². The average Bonchev–Trinajstić information content (AvgIpc) is 3.54. The molecular formula is C23H26ClF2N5O4. The number of aromatic nitrogens is 2. The van der Waals surface area contributed by atoms with E-state index < -0.39 is 23.4 Å². The summed E-state index contributed by atoms with van der Waals surface area (Å²) >= 11 is 5.89. The third-order valence-electron chi connectivity index (χ3n) is 6.30. The van der Waals surface area contributed by atoms with Gasteiger partial charge in [-0.1, -0.05) is 11.6 Å². The van der Waals surface area contributed by atoms with Crippen LogP contribution in [0.2, 0.25) is 5.02 Å². The summed E-state index contributed by atoms with van der Waals surface area (Å²) in [5.41, 5.74) is 0.0928. The van der Waals surface area contributed by atoms with Gasteiger partial charge in [0.05, 0.1) is 23.1 Å². The van der Waals surface area contributed by atoms with E-state index in [-0.39, 0.29) is 46.1 Å². The third kappa shape index (κ3) is 6.15. The molecule has 2 aliphatic rings. The maximum atomic E-state index is 13.5. The Morgan fingerprint density at radius 1 is 1.09 bits per heavy atom. The Morgan fingerprint density at radius 2 is 1.83 bits per heavy atom. The minimum Gasteiger partial charge on any atom is -0.376 e. The standard InChI is InChI=1S/C23H26ClF2N5O4/c24-15-8-16(25)17(26)9-18(15)31-21(32)12-3-5-13(6-4-12)30-23(34)20-19(28-11-29-20)22(33)27-10-14-2-1-7-35-14/h8-9,11-14H,1-7,10H2,(H,27,33)(H,28,29)(H,30,34)(H,31,32)/t12-,13-,14?. The van der Waals surface area contributed by atoms with Crippen LogP contribution in [0.3, 0.4) is 0 Å². The number of hydrogen-bond donors (Lipinski definition) is 4. The smallest absolute Gasteiger partial charge is 0.272 e. The Morgan fingerprint density at radius 3 is 2.54 bits per heavy atom. The molecule has 0 spiro atoms. The van der Waals surface area contributed by atoms with Gasteiger partial charge >= 0.3 is 0 Å². The van der Waals surface area contributed by atoms with Gasteiger partial charge in [0.15, 0.2) is 17.3 Å². The quantitative estimate of drug-likeness (QED) is 0.427. The first-order valence-electron chi connectivity index (χ1n) is 11.5. The minimum absolute atomic E-state index is 0.00976. The summed E-state index contributed by atoms with van der Waals surface area (Å²) in [6, 6.07) is 1.47. The average molecular weight is 510 g/mol. The molecule has 4 N–H and O–H groups in total. The van der Waals surface area contributed by atoms with Crippen LogP contribution in [-0.4, -0.2) is 53.0 Å². The summed E-state index contributed by atoms with van der Waals surface area (Å²) in [4.78, 5) is 44.5. The first kappa shape index (κ1) is 25.1. The van der Waals surface area contributed by atoms with E-state index in [0.29, 0.717) is 38.8 Å². The Labute approximate surface area is 205 Å². The molecule has 1 atom stereocenters. The number of ether oxygens (including phenoxy) is 1. The van der Waals surface area contributed by atoms with Crippen molar-refractivity contribution in [2.24, 2.45) is 5.92 Å². The van der Waals surface area contributed by atoms with E-state index in [1.807, 2.05) is 0 Å². The predicted octanol–water partition coefficient (Wildman–Crippen LogP) is 3.18. The van der Waals surface area contributed by atoms with E-state index in [4.69, 9.17) is 16.3 Å². The van der Waals surface area contributed by atoms with Gasteiger partial charge in [-0.2, -0.15) is 0 Å². The van der Waals surface area contributed by atoms with E-state index in [1.165, 1.54) is 6.33 Å². The van der Waals surface area contributed by atoms with Crippen LogP contribution in [0.4, 0.5) is 14.5 Å². The largest absolute Gasteiger partial charge is 0.376 e. The number of nitrogens with zero attached hydrogens (tertiary/aromatic N) is 1. The number of aromatic amines is 1. The highest BCUT2D eigenvalue weighted by molar-refractivity contribution is 6.33. The molecule has 2 aromatic rings. The van der Waals surface area contributed by atoms with Crippen LogP contribution in [0.15, 0.2) is 18.5 Å². The van der Waals surface area contributed by atoms with Gasteiger partial charge in [-0.15, -0.1) is 0 Å². The molecule has 35 heavy (non-hydrogen) atoms. The molecule has 4 rings (SSSR count). The molecule has 2 fully saturated rings. The lowest BCUT2D eigenvalue weighted by atomic mass is 9.85. The number of carbonyl (C=O) groups excluding carboxylic acids is 3. The van der Waals surface area contributed by atoms with Crippen molar-refractivity contribution in [1.82, 2.24) is 20.6 Å². The van der Waals surface area contributed by atoms with Gasteiger partial charge in [0, 0.05) is 31.2 Å². The van der Waals surface area contributed by atoms with E-state index >= 15 is 0 Å². The monoisotopic (exact) mass is 509 g/mol. The summed E-state index contributed by atoms with van der Waals surface area (Å²) < 4.78 is 32.2. The fourth-order valence-electron chi connectivity index (χ4n) is 4.35. The van der Waals surface area contributed by atoms with Gasteiger partial charge < -0.3 is 25.7 Å². The number of hydrogen-bond acceptors (Lipinski definition) is 5. The van der Waals surface area contributed by atoms with Crippen LogP contribution in [0.1, 0.15) is 59.5 Å². The van der Waals surface area contributed by atoms with Crippen LogP contribution in [0.25, 0.3) is 0 Å². The number of H-pyrrole nitrogens is 1. The van der Waals surface area contributed by atoms with E-state index in [1.54, 1.807) is 0 Å². The molecule has 1 aliphatic heterocycles. The summed E-state index contributed by atoms with van der Waals surface area (Å²) in [6.45, 7) is 1.04. The van der Waals surface area contributed by atoms with Crippen molar-refractivity contribution in [3.63, 3.8) is 0 Å². The van der Waals surface area contributed by atoms with Gasteiger partial charge in [0.25, 0.3) is 11.8 Å². The number of imidazole rings is 1. The lowest BCUT2D eigenvalue weighted by Gasteiger charge is -2.28. The number of rotatable bonds is 7. The topological polar surface area (TPSA) is 125 Å². The predicted molar refractivity (Wildman–Crippen MR) is 123 cm³/mol. The van der Waals surface area contributed by atoms with E-state index in [9.17, 15) is 23.2 Å². The zero-order chi connectivity index (χ0) is 24.9. The maximum absolute atomic E-state index is 13.5. The summed E-state index contributed by atoms with van der Waals surface area (Å²) in [7, 11) is 0. The van der Waals surface area contributed by atoms with Crippen molar-refractivity contribution in [3.8, 4) is 0 Å². The Kier molecular flexibility index (Phi) is 7.97. The highest BCUT2D eigenvalue weighted by atomic mass is 35.5. The summed E-state index contributed by atoms with van der Waals surface area (Å²) in [6.07, 6.45) is 5.13. The van der Waals surface area contributed by atoms with Crippen LogP contribution in [0, 0.1) is 17.6 Å². The van der Waals surface area contributed by atoms with Crippen molar-refractivity contribution in [2.45, 2.75) is 50.7 Å². The number of carbonyl (C=O) groups is 3. The minimum atomic E-state index is -1.10. The second kappa shape index (κ2) is 11.1. The molecule has 1 aromatic heterocycles. The lowest BCUT2D eigenvalue weighted by molar-refractivity contribution is -0.120. The molecule has 12 heteroatoms. The highest BCUT2D eigenvalue weighted by Gasteiger charge is 2.29. The van der Waals surface area contributed by atoms with Gasteiger partial charge in [-0.25, -0.2) is 13.8 Å². The van der Waals surface area contributed by atoms with Gasteiger partial charge in [0.2, 0.25) is 5.91 Å². The molecule has 1 aromatic carbocycles. The van der Waals surface area contributed by atoms with E-state index in [0.717, 1.165) is 25.0 Å². The molecular weight excluding hydrogens is 484 g/mol. The molecule has 1 unspecified atom stereocenters. The Bertz CT molecular complexity index is 1100. The Hall–Kier alpha value is -3.05. The Balaban J connectivity index is 1.26. The number of benzene rings is 1. The fraction of sp³-hybridized carbons (Fsp3) is 0.478. The molecule has 3 amide bonds. The summed E-state index contributed by atoms with van der Waals surface area (Å²) in [5.74, 6) is -3.81. The zero-order valence-electron chi connectivity index (χ0n) is 18.8.